The highest BCUT2D eigenvalue weighted by molar-refractivity contribution is 5.40. The van der Waals surface area contributed by atoms with Crippen LogP contribution < -0.4 is 10.1 Å². The van der Waals surface area contributed by atoms with Gasteiger partial charge in [-0.25, -0.2) is 0 Å². The number of nitrogens with one attached hydrogen (secondary N) is 1. The summed E-state index contributed by atoms with van der Waals surface area (Å²) in [5, 5.41) is 3.54. The summed E-state index contributed by atoms with van der Waals surface area (Å²) in [4.78, 5) is 0. The van der Waals surface area contributed by atoms with Gasteiger partial charge >= 0.3 is 0 Å². The van der Waals surface area contributed by atoms with E-state index in [1.165, 1.54) is 11.1 Å². The second kappa shape index (κ2) is 4.86. The molecule has 1 aliphatic rings. The number of furan rings is 1. The Balaban J connectivity index is 1.73. The minimum absolute atomic E-state index is 0.403. The fourth-order valence-corrected chi connectivity index (χ4v) is 2.56. The molecular formula is C15H17NO2. The van der Waals surface area contributed by atoms with Crippen molar-refractivity contribution in [2.45, 2.75) is 25.4 Å². The van der Waals surface area contributed by atoms with E-state index in [1.54, 1.807) is 13.4 Å². The number of ether oxygens (including phenoxy) is 1. The molecule has 0 bridgehead atoms. The molecule has 0 amide bonds. The van der Waals surface area contributed by atoms with E-state index in [0.717, 1.165) is 30.9 Å². The summed E-state index contributed by atoms with van der Waals surface area (Å²) in [5.74, 6) is 1.91. The first kappa shape index (κ1) is 11.4. The third-order valence-corrected chi connectivity index (χ3v) is 3.53. The summed E-state index contributed by atoms with van der Waals surface area (Å²) in [5.41, 5.74) is 2.79. The summed E-state index contributed by atoms with van der Waals surface area (Å²) in [6.45, 7) is 0.772. The number of hydrogen-bond acceptors (Lipinski definition) is 3. The topological polar surface area (TPSA) is 34.4 Å². The minimum Gasteiger partial charge on any atom is -0.497 e. The fraction of sp³-hybridized carbons (Fsp3) is 0.333. The predicted octanol–water partition coefficient (Wildman–Crippen LogP) is 3.07. The number of hydrogen-bond donors (Lipinski definition) is 1. The van der Waals surface area contributed by atoms with Crippen LogP contribution in [0.15, 0.2) is 41.0 Å². The first-order chi connectivity index (χ1) is 8.86. The standard InChI is InChI=1S/C15H17NO2/c1-17-12-6-4-11-5-7-15(14(11)9-12)16-10-13-3-2-8-18-13/h2-4,6,8-9,15-16H,5,7,10H2,1H3. The molecule has 3 heteroatoms. The Hall–Kier alpha value is -1.74. The lowest BCUT2D eigenvalue weighted by atomic mass is 10.1. The van der Waals surface area contributed by atoms with E-state index < -0.39 is 0 Å². The molecule has 0 aliphatic heterocycles. The normalized spacial score (nSPS) is 17.7. The molecule has 1 aliphatic carbocycles. The van der Waals surface area contributed by atoms with Crippen LogP contribution in [0.4, 0.5) is 0 Å². The lowest BCUT2D eigenvalue weighted by Crippen LogP contribution is -2.18. The average Bonchev–Trinajstić information content (AvgIpc) is 3.05. The van der Waals surface area contributed by atoms with Gasteiger partial charge in [-0.3, -0.25) is 0 Å². The van der Waals surface area contributed by atoms with Crippen molar-refractivity contribution in [1.29, 1.82) is 0 Å². The molecule has 1 aromatic carbocycles. The van der Waals surface area contributed by atoms with E-state index in [-0.39, 0.29) is 0 Å². The summed E-state index contributed by atoms with van der Waals surface area (Å²) >= 11 is 0. The number of aryl methyl sites for hydroxylation is 1. The lowest BCUT2D eigenvalue weighted by molar-refractivity contribution is 0.412. The quantitative estimate of drug-likeness (QED) is 0.896. The SMILES string of the molecule is COc1ccc2c(c1)C(NCc1ccco1)CC2. The van der Waals surface area contributed by atoms with Gasteiger partial charge in [-0.05, 0) is 48.2 Å². The molecule has 2 aromatic rings. The highest BCUT2D eigenvalue weighted by atomic mass is 16.5. The Morgan fingerprint density at radius 2 is 2.33 bits per heavy atom. The molecule has 0 saturated carbocycles. The van der Waals surface area contributed by atoms with Crippen molar-refractivity contribution >= 4 is 0 Å². The summed E-state index contributed by atoms with van der Waals surface area (Å²) in [6, 6.07) is 10.7. The van der Waals surface area contributed by atoms with Gasteiger partial charge in [0.1, 0.15) is 11.5 Å². The molecule has 0 radical (unpaired) electrons. The van der Waals surface area contributed by atoms with Crippen molar-refractivity contribution in [2.24, 2.45) is 0 Å². The third-order valence-electron chi connectivity index (χ3n) is 3.53. The van der Waals surface area contributed by atoms with Crippen LogP contribution in [-0.2, 0) is 13.0 Å². The van der Waals surface area contributed by atoms with Crippen molar-refractivity contribution in [3.8, 4) is 5.75 Å². The van der Waals surface area contributed by atoms with Gasteiger partial charge in [0, 0.05) is 6.04 Å². The van der Waals surface area contributed by atoms with Gasteiger partial charge in [-0.15, -0.1) is 0 Å². The highest BCUT2D eigenvalue weighted by Gasteiger charge is 2.22. The van der Waals surface area contributed by atoms with Crippen LogP contribution in [0.1, 0.15) is 29.3 Å². The van der Waals surface area contributed by atoms with Gasteiger partial charge in [0.2, 0.25) is 0 Å². The third kappa shape index (κ3) is 2.14. The summed E-state index contributed by atoms with van der Waals surface area (Å²) in [7, 11) is 1.71. The second-order valence-electron chi connectivity index (χ2n) is 4.62. The van der Waals surface area contributed by atoms with Crippen LogP contribution in [0.3, 0.4) is 0 Å². The van der Waals surface area contributed by atoms with E-state index in [2.05, 4.69) is 17.4 Å². The molecule has 94 valence electrons. The molecule has 18 heavy (non-hydrogen) atoms. The number of rotatable bonds is 4. The molecule has 3 nitrogen and oxygen atoms in total. The van der Waals surface area contributed by atoms with E-state index >= 15 is 0 Å². The second-order valence-corrected chi connectivity index (χ2v) is 4.62. The smallest absolute Gasteiger partial charge is 0.119 e. The Labute approximate surface area is 107 Å². The van der Waals surface area contributed by atoms with Crippen molar-refractivity contribution in [3.05, 3.63) is 53.5 Å². The Kier molecular flexibility index (Phi) is 3.07. The van der Waals surface area contributed by atoms with Gasteiger partial charge in [-0.1, -0.05) is 6.07 Å². The Morgan fingerprint density at radius 3 is 3.11 bits per heavy atom. The van der Waals surface area contributed by atoms with Crippen LogP contribution >= 0.6 is 0 Å². The van der Waals surface area contributed by atoms with Gasteiger partial charge in [0.25, 0.3) is 0 Å². The molecule has 0 saturated heterocycles. The van der Waals surface area contributed by atoms with Gasteiger partial charge in [0.05, 0.1) is 19.9 Å². The van der Waals surface area contributed by atoms with Crippen molar-refractivity contribution in [1.82, 2.24) is 5.32 Å². The largest absolute Gasteiger partial charge is 0.497 e. The van der Waals surface area contributed by atoms with E-state index in [4.69, 9.17) is 9.15 Å². The fourth-order valence-electron chi connectivity index (χ4n) is 2.56. The maximum atomic E-state index is 5.34. The maximum absolute atomic E-state index is 5.34. The van der Waals surface area contributed by atoms with Crippen LogP contribution in [0.5, 0.6) is 5.75 Å². The van der Waals surface area contributed by atoms with Crippen molar-refractivity contribution in [3.63, 3.8) is 0 Å². The molecule has 1 N–H and O–H groups in total. The van der Waals surface area contributed by atoms with Crippen LogP contribution in [0, 0.1) is 0 Å². The van der Waals surface area contributed by atoms with Crippen molar-refractivity contribution in [2.75, 3.05) is 7.11 Å². The summed E-state index contributed by atoms with van der Waals surface area (Å²) in [6.07, 6.45) is 3.99. The Morgan fingerprint density at radius 1 is 1.39 bits per heavy atom. The zero-order chi connectivity index (χ0) is 12.4. The van der Waals surface area contributed by atoms with Crippen molar-refractivity contribution < 1.29 is 9.15 Å². The number of methoxy groups -OCH3 is 1. The van der Waals surface area contributed by atoms with Gasteiger partial charge in [-0.2, -0.15) is 0 Å². The molecule has 1 heterocycles. The maximum Gasteiger partial charge on any atom is 0.119 e. The molecule has 0 spiro atoms. The predicted molar refractivity (Wildman–Crippen MR) is 69.6 cm³/mol. The number of fused-ring (bicyclic) bond motifs is 1. The average molecular weight is 243 g/mol. The molecular weight excluding hydrogens is 226 g/mol. The molecule has 0 fully saturated rings. The van der Waals surface area contributed by atoms with E-state index in [0.29, 0.717) is 6.04 Å². The van der Waals surface area contributed by atoms with Crippen LogP contribution in [-0.4, -0.2) is 7.11 Å². The monoisotopic (exact) mass is 243 g/mol. The first-order valence-corrected chi connectivity index (χ1v) is 6.29. The lowest BCUT2D eigenvalue weighted by Gasteiger charge is -2.13. The zero-order valence-corrected chi connectivity index (χ0v) is 10.5. The molecule has 1 atom stereocenters. The first-order valence-electron chi connectivity index (χ1n) is 6.29. The number of benzene rings is 1. The summed E-state index contributed by atoms with van der Waals surface area (Å²) < 4.78 is 10.6. The van der Waals surface area contributed by atoms with Gasteiger partial charge in [0.15, 0.2) is 0 Å². The Bertz CT molecular complexity index is 519. The molecule has 1 aromatic heterocycles. The zero-order valence-electron chi connectivity index (χ0n) is 10.5. The van der Waals surface area contributed by atoms with Crippen LogP contribution in [0.25, 0.3) is 0 Å². The van der Waals surface area contributed by atoms with E-state index in [9.17, 15) is 0 Å². The highest BCUT2D eigenvalue weighted by Crippen LogP contribution is 2.33. The minimum atomic E-state index is 0.403. The van der Waals surface area contributed by atoms with Crippen LogP contribution in [0.2, 0.25) is 0 Å². The van der Waals surface area contributed by atoms with Gasteiger partial charge < -0.3 is 14.5 Å². The molecule has 1 unspecified atom stereocenters. The molecule has 3 rings (SSSR count). The van der Waals surface area contributed by atoms with E-state index in [1.807, 2.05) is 18.2 Å².